The van der Waals surface area contributed by atoms with Crippen LogP contribution < -0.4 is 10.6 Å². The first-order chi connectivity index (χ1) is 17.6. The van der Waals surface area contributed by atoms with Crippen molar-refractivity contribution in [1.82, 2.24) is 9.97 Å². The Hall–Kier alpha value is -3.68. The predicted octanol–water partition coefficient (Wildman–Crippen LogP) is 8.10. The van der Waals surface area contributed by atoms with Crippen LogP contribution in [0.15, 0.2) is 94.2 Å². The summed E-state index contributed by atoms with van der Waals surface area (Å²) in [6.45, 7) is 4.24. The van der Waals surface area contributed by atoms with Crippen molar-refractivity contribution in [2.24, 2.45) is 0 Å². The summed E-state index contributed by atoms with van der Waals surface area (Å²) in [5.41, 5.74) is 5.74. The second-order valence-electron chi connectivity index (χ2n) is 8.47. The largest absolute Gasteiger partial charge is 0.354 e. The van der Waals surface area contributed by atoms with Crippen molar-refractivity contribution in [2.45, 2.75) is 36.5 Å². The molecule has 0 saturated carbocycles. The lowest BCUT2D eigenvalue weighted by atomic mass is 10.1. The normalized spacial score (nSPS) is 10.9. The van der Waals surface area contributed by atoms with E-state index >= 15 is 0 Å². The summed E-state index contributed by atoms with van der Waals surface area (Å²) in [7, 11) is 0. The molecule has 0 aliphatic heterocycles. The van der Waals surface area contributed by atoms with Crippen molar-refractivity contribution < 1.29 is 4.79 Å². The summed E-state index contributed by atoms with van der Waals surface area (Å²) >= 11 is 3.08. The Balaban J connectivity index is 1.40. The first-order valence-electron chi connectivity index (χ1n) is 11.8. The molecule has 1 amide bonds. The monoisotopic (exact) mass is 510 g/mol. The third kappa shape index (κ3) is 5.58. The molecular formula is C29H26N4OS2. The molecule has 0 spiro atoms. The van der Waals surface area contributed by atoms with Gasteiger partial charge in [0.15, 0.2) is 5.65 Å². The summed E-state index contributed by atoms with van der Waals surface area (Å²) in [5, 5.41) is 9.52. The maximum Gasteiger partial charge on any atom is 0.265 e. The lowest BCUT2D eigenvalue weighted by Crippen LogP contribution is -2.09. The van der Waals surface area contributed by atoms with Crippen LogP contribution in [0.5, 0.6) is 0 Å². The highest BCUT2D eigenvalue weighted by Crippen LogP contribution is 2.37. The number of rotatable bonds is 8. The molecule has 5 rings (SSSR count). The number of thiophene rings is 1. The Bertz CT molecular complexity index is 1520. The Morgan fingerprint density at radius 2 is 1.92 bits per heavy atom. The molecule has 7 heteroatoms. The topological polar surface area (TPSA) is 66.9 Å². The molecule has 3 heterocycles. The van der Waals surface area contributed by atoms with Gasteiger partial charge < -0.3 is 10.6 Å². The van der Waals surface area contributed by atoms with E-state index < -0.39 is 0 Å². The lowest BCUT2D eigenvalue weighted by Gasteiger charge is -2.15. The van der Waals surface area contributed by atoms with E-state index in [9.17, 15) is 4.79 Å². The van der Waals surface area contributed by atoms with E-state index in [0.717, 1.165) is 56.4 Å². The SMILES string of the molecule is CCCc1ccc2c(Nc3cc(C)ccc3Sc3cccc(NC(=O)c4cccs4)c3)ccnc2n1. The van der Waals surface area contributed by atoms with Gasteiger partial charge in [-0.2, -0.15) is 0 Å². The fourth-order valence-electron chi connectivity index (χ4n) is 3.91. The molecule has 0 atom stereocenters. The van der Waals surface area contributed by atoms with Crippen molar-refractivity contribution in [2.75, 3.05) is 10.6 Å². The maximum absolute atomic E-state index is 12.5. The van der Waals surface area contributed by atoms with Crippen LogP contribution in [0.1, 0.15) is 34.3 Å². The van der Waals surface area contributed by atoms with Gasteiger partial charge in [-0.25, -0.2) is 9.97 Å². The molecule has 0 aliphatic rings. The first-order valence-corrected chi connectivity index (χ1v) is 13.5. The van der Waals surface area contributed by atoms with Gasteiger partial charge in [-0.05, 0) is 78.9 Å². The minimum atomic E-state index is -0.0925. The number of fused-ring (bicyclic) bond motifs is 1. The molecule has 36 heavy (non-hydrogen) atoms. The fraction of sp³-hybridized carbons (Fsp3) is 0.138. The van der Waals surface area contributed by atoms with Crippen LogP contribution >= 0.6 is 23.1 Å². The summed E-state index contributed by atoms with van der Waals surface area (Å²) < 4.78 is 0. The highest BCUT2D eigenvalue weighted by Gasteiger charge is 2.11. The molecule has 0 bridgehead atoms. The number of hydrogen-bond donors (Lipinski definition) is 2. The summed E-state index contributed by atoms with van der Waals surface area (Å²) in [6.07, 6.45) is 3.80. The number of nitrogens with zero attached hydrogens (tertiary/aromatic N) is 2. The van der Waals surface area contributed by atoms with Crippen molar-refractivity contribution >= 4 is 57.1 Å². The number of anilines is 3. The van der Waals surface area contributed by atoms with E-state index in [4.69, 9.17) is 4.98 Å². The van der Waals surface area contributed by atoms with Gasteiger partial charge in [0.05, 0.1) is 16.3 Å². The van der Waals surface area contributed by atoms with E-state index in [-0.39, 0.29) is 5.91 Å². The van der Waals surface area contributed by atoms with Crippen LogP contribution in [0.25, 0.3) is 11.0 Å². The second kappa shape index (κ2) is 10.9. The van der Waals surface area contributed by atoms with Crippen LogP contribution in [-0.2, 0) is 6.42 Å². The number of benzene rings is 2. The van der Waals surface area contributed by atoms with Gasteiger partial charge in [0.1, 0.15) is 0 Å². The van der Waals surface area contributed by atoms with Crippen molar-refractivity contribution in [3.8, 4) is 0 Å². The molecular weight excluding hydrogens is 484 g/mol. The molecule has 0 aliphatic carbocycles. The average molecular weight is 511 g/mol. The Morgan fingerprint density at radius 3 is 2.75 bits per heavy atom. The number of nitrogens with one attached hydrogen (secondary N) is 2. The summed E-state index contributed by atoms with van der Waals surface area (Å²) in [4.78, 5) is 24.5. The van der Waals surface area contributed by atoms with Gasteiger partial charge in [0.25, 0.3) is 5.91 Å². The molecule has 5 aromatic rings. The fourth-order valence-corrected chi connectivity index (χ4v) is 5.47. The number of aryl methyl sites for hydroxylation is 2. The lowest BCUT2D eigenvalue weighted by molar-refractivity contribution is 0.103. The van der Waals surface area contributed by atoms with Gasteiger partial charge in [-0.15, -0.1) is 11.3 Å². The van der Waals surface area contributed by atoms with E-state index in [2.05, 4.69) is 65.9 Å². The van der Waals surface area contributed by atoms with Crippen LogP contribution in [0, 0.1) is 6.92 Å². The molecule has 2 aromatic carbocycles. The molecule has 0 fully saturated rings. The van der Waals surface area contributed by atoms with Gasteiger partial charge in [-0.3, -0.25) is 4.79 Å². The Morgan fingerprint density at radius 1 is 1.00 bits per heavy atom. The number of aromatic nitrogens is 2. The quantitative estimate of drug-likeness (QED) is 0.221. The zero-order valence-corrected chi connectivity index (χ0v) is 21.7. The van der Waals surface area contributed by atoms with Gasteiger partial charge in [-0.1, -0.05) is 43.3 Å². The zero-order valence-electron chi connectivity index (χ0n) is 20.1. The number of amides is 1. The van der Waals surface area contributed by atoms with Crippen LogP contribution in [0.3, 0.4) is 0 Å². The maximum atomic E-state index is 12.5. The molecule has 5 nitrogen and oxygen atoms in total. The van der Waals surface area contributed by atoms with Crippen LogP contribution in [-0.4, -0.2) is 15.9 Å². The second-order valence-corrected chi connectivity index (χ2v) is 10.5. The average Bonchev–Trinajstić information content (AvgIpc) is 3.42. The van der Waals surface area contributed by atoms with E-state index in [0.29, 0.717) is 4.88 Å². The van der Waals surface area contributed by atoms with E-state index in [1.165, 1.54) is 16.9 Å². The zero-order chi connectivity index (χ0) is 24.9. The molecule has 3 aromatic heterocycles. The molecule has 0 unspecified atom stereocenters. The van der Waals surface area contributed by atoms with Crippen LogP contribution in [0.2, 0.25) is 0 Å². The third-order valence-electron chi connectivity index (χ3n) is 5.64. The molecule has 2 N–H and O–H groups in total. The standard InChI is InChI=1S/C29H26N4OS2/c1-3-6-20-11-12-23-24(14-15-30-28(23)31-20)33-25-17-19(2)10-13-26(25)36-22-8-4-7-21(18-22)32-29(34)27-9-5-16-35-27/h4-5,7-18H,3,6H2,1-2H3,(H,32,34)(H,30,31,33). The van der Waals surface area contributed by atoms with Crippen molar-refractivity contribution in [1.29, 1.82) is 0 Å². The number of pyridine rings is 2. The highest BCUT2D eigenvalue weighted by molar-refractivity contribution is 7.99. The van der Waals surface area contributed by atoms with Crippen molar-refractivity contribution in [3.05, 3.63) is 101 Å². The highest BCUT2D eigenvalue weighted by atomic mass is 32.2. The minimum absolute atomic E-state index is 0.0925. The molecule has 0 radical (unpaired) electrons. The summed E-state index contributed by atoms with van der Waals surface area (Å²) in [5.74, 6) is -0.0925. The minimum Gasteiger partial charge on any atom is -0.354 e. The van der Waals surface area contributed by atoms with Gasteiger partial charge in [0.2, 0.25) is 0 Å². The third-order valence-corrected chi connectivity index (χ3v) is 7.57. The number of hydrogen-bond acceptors (Lipinski definition) is 6. The first kappa shape index (κ1) is 24.0. The number of carbonyl (C=O) groups is 1. The van der Waals surface area contributed by atoms with Gasteiger partial charge in [0, 0.05) is 32.8 Å². The molecule has 0 saturated heterocycles. The summed E-state index contributed by atoms with van der Waals surface area (Å²) in [6, 6.07) is 24.2. The van der Waals surface area contributed by atoms with Crippen molar-refractivity contribution in [3.63, 3.8) is 0 Å². The Kier molecular flexibility index (Phi) is 7.30. The van der Waals surface area contributed by atoms with Gasteiger partial charge >= 0.3 is 0 Å². The number of carbonyl (C=O) groups excluding carboxylic acids is 1. The van der Waals surface area contributed by atoms with Crippen LogP contribution in [0.4, 0.5) is 17.1 Å². The van der Waals surface area contributed by atoms with E-state index in [1.807, 2.05) is 41.8 Å². The smallest absolute Gasteiger partial charge is 0.265 e. The van der Waals surface area contributed by atoms with E-state index in [1.54, 1.807) is 18.0 Å². The predicted molar refractivity (Wildman–Crippen MR) is 151 cm³/mol. The Labute approximate surface area is 219 Å². The molecule has 180 valence electrons.